The third-order valence-electron chi connectivity index (χ3n) is 5.14. The summed E-state index contributed by atoms with van der Waals surface area (Å²) >= 11 is 0. The summed E-state index contributed by atoms with van der Waals surface area (Å²) in [5, 5.41) is 29.1. The minimum Gasteiger partial charge on any atom is -0.434 e. The second-order valence-corrected chi connectivity index (χ2v) is 7.55. The molecule has 0 saturated carbocycles. The summed E-state index contributed by atoms with van der Waals surface area (Å²) < 4.78 is 16.4. The van der Waals surface area contributed by atoms with Crippen molar-refractivity contribution in [1.29, 1.82) is 0 Å². The van der Waals surface area contributed by atoms with Gasteiger partial charge in [-0.1, -0.05) is 51.9 Å². The van der Waals surface area contributed by atoms with Crippen LogP contribution in [0.25, 0.3) is 0 Å². The monoisotopic (exact) mass is 443 g/mol. The van der Waals surface area contributed by atoms with Crippen molar-refractivity contribution >= 4 is 12.0 Å². The molecule has 1 aromatic heterocycles. The summed E-state index contributed by atoms with van der Waals surface area (Å²) in [5.41, 5.74) is 0.933. The fraction of sp³-hybridized carbons (Fsp3) is 0.750. The van der Waals surface area contributed by atoms with E-state index in [2.05, 4.69) is 11.9 Å². The van der Waals surface area contributed by atoms with Crippen LogP contribution in [0.5, 0.6) is 0 Å². The quantitative estimate of drug-likeness (QED) is 0.202. The minimum atomic E-state index is -1.44. The Morgan fingerprint density at radius 2 is 1.81 bits per heavy atom. The Morgan fingerprint density at radius 3 is 2.45 bits per heavy atom. The number of nitrogens with one attached hydrogen (secondary N) is 1. The van der Waals surface area contributed by atoms with E-state index >= 15 is 0 Å². The minimum absolute atomic E-state index is 0.0755. The number of carbonyl (C=O) groups excluding carboxylic acids is 1. The van der Waals surface area contributed by atoms with Crippen LogP contribution in [0, 0.1) is 0 Å². The Balaban J connectivity index is 1.68. The van der Waals surface area contributed by atoms with Gasteiger partial charge in [-0.25, -0.2) is 9.59 Å². The molecule has 4 N–H and O–H groups in total. The lowest BCUT2D eigenvalue weighted by Crippen LogP contribution is -2.36. The van der Waals surface area contributed by atoms with E-state index in [1.165, 1.54) is 44.4 Å². The van der Waals surface area contributed by atoms with Crippen molar-refractivity contribution in [2.45, 2.75) is 82.8 Å². The highest BCUT2D eigenvalue weighted by Crippen LogP contribution is 2.28. The van der Waals surface area contributed by atoms with Crippen LogP contribution in [0.3, 0.4) is 0 Å². The maximum atomic E-state index is 12.0. The number of hydrogen-bond acceptors (Lipinski definition) is 10. The van der Waals surface area contributed by atoms with E-state index in [0.717, 1.165) is 23.8 Å². The van der Waals surface area contributed by atoms with Crippen molar-refractivity contribution in [3.05, 3.63) is 22.7 Å². The van der Waals surface area contributed by atoms with Crippen molar-refractivity contribution in [1.82, 2.24) is 9.55 Å². The predicted molar refractivity (Wildman–Crippen MR) is 110 cm³/mol. The standard InChI is InChI=1S/C20H33N3O8/c1-2-3-4-5-6-7-8-9-12-29-20(27)30-13-14-16(24)17(25)18(31-14)23-11-10-15(22-28)21-19(23)26/h10-11,14,16-18,24-25,28H,2-9,12-13H2,1H3,(H,21,22,26)/t14-,16-,17-,18-/m1/s1. The molecule has 0 amide bonds. The summed E-state index contributed by atoms with van der Waals surface area (Å²) in [5.74, 6) is -0.0755. The van der Waals surface area contributed by atoms with E-state index < -0.39 is 36.4 Å². The molecule has 2 rings (SSSR count). The molecule has 11 nitrogen and oxygen atoms in total. The predicted octanol–water partition coefficient (Wildman–Crippen LogP) is 1.96. The zero-order chi connectivity index (χ0) is 22.6. The molecule has 0 aliphatic carbocycles. The third-order valence-corrected chi connectivity index (χ3v) is 5.14. The zero-order valence-corrected chi connectivity index (χ0v) is 17.8. The average Bonchev–Trinajstić information content (AvgIpc) is 3.04. The molecule has 0 aromatic carbocycles. The number of hydrogen-bond donors (Lipinski definition) is 4. The molecule has 4 atom stereocenters. The fourth-order valence-corrected chi connectivity index (χ4v) is 3.35. The Hall–Kier alpha value is -2.21. The molecule has 1 saturated heterocycles. The first kappa shape index (κ1) is 25.1. The van der Waals surface area contributed by atoms with Crippen molar-refractivity contribution in [3.8, 4) is 0 Å². The summed E-state index contributed by atoms with van der Waals surface area (Å²) in [4.78, 5) is 27.3. The first-order valence-electron chi connectivity index (χ1n) is 10.8. The first-order valence-corrected chi connectivity index (χ1v) is 10.8. The molecule has 0 bridgehead atoms. The van der Waals surface area contributed by atoms with Gasteiger partial charge in [-0.15, -0.1) is 0 Å². The number of rotatable bonds is 13. The number of aliphatic hydroxyl groups excluding tert-OH is 2. The SMILES string of the molecule is CCCCCCCCCCOC(=O)OC[C@H]1O[C@@H](n2ccc(NO)nc2=O)[C@H](O)[C@@H]1O. The van der Waals surface area contributed by atoms with E-state index in [9.17, 15) is 19.8 Å². The van der Waals surface area contributed by atoms with Gasteiger partial charge in [0.1, 0.15) is 24.9 Å². The van der Waals surface area contributed by atoms with Gasteiger partial charge in [0, 0.05) is 6.20 Å². The fourth-order valence-electron chi connectivity index (χ4n) is 3.35. The number of aromatic nitrogens is 2. The molecule has 0 spiro atoms. The number of aliphatic hydroxyl groups is 2. The number of ether oxygens (including phenoxy) is 3. The highest BCUT2D eigenvalue weighted by atomic mass is 16.7. The van der Waals surface area contributed by atoms with Gasteiger partial charge in [0.2, 0.25) is 0 Å². The smallest absolute Gasteiger partial charge is 0.434 e. The highest BCUT2D eigenvalue weighted by molar-refractivity contribution is 5.59. The van der Waals surface area contributed by atoms with Gasteiger partial charge in [-0.3, -0.25) is 15.3 Å². The van der Waals surface area contributed by atoms with Gasteiger partial charge in [-0.2, -0.15) is 4.98 Å². The van der Waals surface area contributed by atoms with E-state index in [0.29, 0.717) is 0 Å². The Labute approximate surface area is 180 Å². The van der Waals surface area contributed by atoms with E-state index in [4.69, 9.17) is 19.4 Å². The molecule has 1 aliphatic rings. The Bertz CT molecular complexity index is 729. The van der Waals surface area contributed by atoms with Crippen molar-refractivity contribution < 1.29 is 34.4 Å². The lowest BCUT2D eigenvalue weighted by atomic mass is 10.1. The molecule has 0 radical (unpaired) electrons. The van der Waals surface area contributed by atoms with Crippen molar-refractivity contribution in [3.63, 3.8) is 0 Å². The molecule has 0 unspecified atom stereocenters. The second-order valence-electron chi connectivity index (χ2n) is 7.55. The van der Waals surface area contributed by atoms with Crippen LogP contribution in [0.1, 0.15) is 64.5 Å². The van der Waals surface area contributed by atoms with Gasteiger partial charge in [-0.05, 0) is 12.5 Å². The summed E-state index contributed by atoms with van der Waals surface area (Å²) in [7, 11) is 0. The lowest BCUT2D eigenvalue weighted by molar-refractivity contribution is -0.0642. The van der Waals surface area contributed by atoms with Gasteiger partial charge >= 0.3 is 11.8 Å². The van der Waals surface area contributed by atoms with Crippen molar-refractivity contribution in [2.75, 3.05) is 18.7 Å². The van der Waals surface area contributed by atoms with Crippen LogP contribution in [-0.2, 0) is 14.2 Å². The highest BCUT2D eigenvalue weighted by Gasteiger charge is 2.44. The molecule has 2 heterocycles. The van der Waals surface area contributed by atoms with Gasteiger partial charge in [0.25, 0.3) is 0 Å². The van der Waals surface area contributed by atoms with E-state index in [1.807, 2.05) is 0 Å². The maximum absolute atomic E-state index is 12.0. The number of nitrogens with zero attached hydrogens (tertiary/aromatic N) is 2. The number of anilines is 1. The summed E-state index contributed by atoms with van der Waals surface area (Å²) in [6, 6.07) is 1.29. The molecule has 1 aliphatic heterocycles. The Morgan fingerprint density at radius 1 is 1.13 bits per heavy atom. The lowest BCUT2D eigenvalue weighted by Gasteiger charge is -2.17. The van der Waals surface area contributed by atoms with Crippen LogP contribution in [-0.4, -0.2) is 62.7 Å². The first-order chi connectivity index (χ1) is 15.0. The van der Waals surface area contributed by atoms with Crippen LogP contribution in [0.2, 0.25) is 0 Å². The average molecular weight is 443 g/mol. The topological polar surface area (TPSA) is 152 Å². The van der Waals surface area contributed by atoms with Gasteiger partial charge < -0.3 is 24.4 Å². The van der Waals surface area contributed by atoms with E-state index in [-0.39, 0.29) is 19.0 Å². The summed E-state index contributed by atoms with van der Waals surface area (Å²) in [6.07, 6.45) is 4.30. The third kappa shape index (κ3) is 7.76. The van der Waals surface area contributed by atoms with Crippen LogP contribution < -0.4 is 11.2 Å². The number of unbranched alkanes of at least 4 members (excludes halogenated alkanes) is 7. The van der Waals surface area contributed by atoms with Crippen LogP contribution in [0.4, 0.5) is 10.6 Å². The maximum Gasteiger partial charge on any atom is 0.508 e. The van der Waals surface area contributed by atoms with E-state index in [1.54, 1.807) is 5.48 Å². The molecule has 11 heteroatoms. The van der Waals surface area contributed by atoms with Crippen molar-refractivity contribution in [2.24, 2.45) is 0 Å². The van der Waals surface area contributed by atoms with Gasteiger partial charge in [0.15, 0.2) is 12.0 Å². The second kappa shape index (κ2) is 13.3. The largest absolute Gasteiger partial charge is 0.508 e. The molecular formula is C20H33N3O8. The molecule has 1 aromatic rings. The molecular weight excluding hydrogens is 410 g/mol. The normalized spacial score (nSPS) is 23.0. The molecule has 176 valence electrons. The molecule has 1 fully saturated rings. The van der Waals surface area contributed by atoms with Crippen LogP contribution >= 0.6 is 0 Å². The Kier molecular flexibility index (Phi) is 10.7. The van der Waals surface area contributed by atoms with Gasteiger partial charge in [0.05, 0.1) is 6.61 Å². The number of carbonyl (C=O) groups is 1. The summed E-state index contributed by atoms with van der Waals surface area (Å²) in [6.45, 7) is 2.09. The van der Waals surface area contributed by atoms with Crippen LogP contribution in [0.15, 0.2) is 17.1 Å². The zero-order valence-electron chi connectivity index (χ0n) is 17.8. The molecule has 31 heavy (non-hydrogen) atoms.